The Morgan fingerprint density at radius 2 is 1.70 bits per heavy atom. The molecule has 2 aromatic carbocycles. The Bertz CT molecular complexity index is 873. The molecular formula is C21H27NO4S. The highest BCUT2D eigenvalue weighted by Crippen LogP contribution is 2.26. The quantitative estimate of drug-likeness (QED) is 0.692. The minimum atomic E-state index is -3.13. The van der Waals surface area contributed by atoms with E-state index in [1.807, 2.05) is 69.3 Å². The first-order valence-electron chi connectivity index (χ1n) is 8.95. The maximum atomic E-state index is 12.8. The molecule has 0 aromatic heterocycles. The van der Waals surface area contributed by atoms with Crippen molar-refractivity contribution < 1.29 is 17.9 Å². The summed E-state index contributed by atoms with van der Waals surface area (Å²) in [5.74, 6) is 1.17. The molecule has 0 saturated carbocycles. The Labute approximate surface area is 161 Å². The van der Waals surface area contributed by atoms with E-state index in [1.165, 1.54) is 6.26 Å². The fraction of sp³-hybridized carbons (Fsp3) is 0.381. The SMILES string of the molecule is Cc1ccc(Oc2ccccc2CC(=O)N(CCS(C)(=O)=O)C(C)C)cc1. The highest BCUT2D eigenvalue weighted by atomic mass is 32.2. The summed E-state index contributed by atoms with van der Waals surface area (Å²) in [4.78, 5) is 14.4. The summed E-state index contributed by atoms with van der Waals surface area (Å²) >= 11 is 0. The Kier molecular flexibility index (Phi) is 7.02. The number of benzene rings is 2. The van der Waals surface area contributed by atoms with E-state index in [0.717, 1.165) is 11.1 Å². The van der Waals surface area contributed by atoms with Crippen molar-refractivity contribution in [3.8, 4) is 11.5 Å². The second kappa shape index (κ2) is 9.04. The van der Waals surface area contributed by atoms with E-state index in [4.69, 9.17) is 4.74 Å². The Balaban J connectivity index is 2.15. The molecule has 0 fully saturated rings. The van der Waals surface area contributed by atoms with Gasteiger partial charge in [0, 0.05) is 24.4 Å². The van der Waals surface area contributed by atoms with Gasteiger partial charge in [-0.15, -0.1) is 0 Å². The summed E-state index contributed by atoms with van der Waals surface area (Å²) in [6.45, 7) is 5.97. The van der Waals surface area contributed by atoms with Crippen LogP contribution < -0.4 is 4.74 Å². The highest BCUT2D eigenvalue weighted by Gasteiger charge is 2.20. The van der Waals surface area contributed by atoms with Crippen LogP contribution in [0.4, 0.5) is 0 Å². The molecule has 0 N–H and O–H groups in total. The van der Waals surface area contributed by atoms with E-state index < -0.39 is 9.84 Å². The van der Waals surface area contributed by atoms with Gasteiger partial charge in [0.1, 0.15) is 21.3 Å². The highest BCUT2D eigenvalue weighted by molar-refractivity contribution is 7.90. The van der Waals surface area contributed by atoms with Crippen molar-refractivity contribution in [2.45, 2.75) is 33.2 Å². The molecule has 146 valence electrons. The number of carbonyl (C=O) groups excluding carboxylic acids is 1. The van der Waals surface area contributed by atoms with Crippen molar-refractivity contribution in [3.63, 3.8) is 0 Å². The van der Waals surface area contributed by atoms with Gasteiger partial charge >= 0.3 is 0 Å². The average molecular weight is 390 g/mol. The number of nitrogens with zero attached hydrogens (tertiary/aromatic N) is 1. The van der Waals surface area contributed by atoms with Gasteiger partial charge in [-0.25, -0.2) is 8.42 Å². The first-order valence-corrected chi connectivity index (χ1v) is 11.0. The van der Waals surface area contributed by atoms with Crippen LogP contribution in [0.25, 0.3) is 0 Å². The summed E-state index contributed by atoms with van der Waals surface area (Å²) in [5.41, 5.74) is 1.91. The molecule has 2 rings (SSSR count). The Morgan fingerprint density at radius 1 is 1.07 bits per heavy atom. The summed E-state index contributed by atoms with van der Waals surface area (Å²) < 4.78 is 28.9. The van der Waals surface area contributed by atoms with E-state index in [2.05, 4.69) is 0 Å². The third-order valence-corrected chi connectivity index (χ3v) is 5.13. The minimum absolute atomic E-state index is 0.0432. The van der Waals surface area contributed by atoms with Crippen molar-refractivity contribution in [1.82, 2.24) is 4.90 Å². The molecule has 0 atom stereocenters. The lowest BCUT2D eigenvalue weighted by Gasteiger charge is -2.27. The zero-order valence-corrected chi connectivity index (χ0v) is 17.1. The number of ether oxygens (including phenoxy) is 1. The van der Waals surface area contributed by atoms with Crippen molar-refractivity contribution in [2.24, 2.45) is 0 Å². The number of hydrogen-bond donors (Lipinski definition) is 0. The molecule has 2 aromatic rings. The van der Waals surface area contributed by atoms with Gasteiger partial charge in [-0.1, -0.05) is 35.9 Å². The molecule has 27 heavy (non-hydrogen) atoms. The lowest BCUT2D eigenvalue weighted by Crippen LogP contribution is -2.41. The molecule has 0 heterocycles. The van der Waals surface area contributed by atoms with E-state index in [-0.39, 0.29) is 30.7 Å². The average Bonchev–Trinajstić information content (AvgIpc) is 2.57. The maximum Gasteiger partial charge on any atom is 0.227 e. The maximum absolute atomic E-state index is 12.8. The van der Waals surface area contributed by atoms with Gasteiger partial charge < -0.3 is 9.64 Å². The monoisotopic (exact) mass is 389 g/mol. The molecule has 0 aliphatic rings. The zero-order valence-electron chi connectivity index (χ0n) is 16.3. The molecule has 0 saturated heterocycles. The fourth-order valence-corrected chi connectivity index (χ4v) is 3.21. The molecule has 0 aliphatic heterocycles. The van der Waals surface area contributed by atoms with Crippen LogP contribution in [-0.4, -0.2) is 43.8 Å². The smallest absolute Gasteiger partial charge is 0.227 e. The van der Waals surface area contributed by atoms with Crippen molar-refractivity contribution >= 4 is 15.7 Å². The van der Waals surface area contributed by atoms with Crippen LogP contribution in [0.2, 0.25) is 0 Å². The fourth-order valence-electron chi connectivity index (χ4n) is 2.68. The van der Waals surface area contributed by atoms with Crippen LogP contribution in [0.3, 0.4) is 0 Å². The number of carbonyl (C=O) groups is 1. The lowest BCUT2D eigenvalue weighted by molar-refractivity contribution is -0.131. The summed E-state index contributed by atoms with van der Waals surface area (Å²) in [6, 6.07) is 15.0. The molecule has 0 radical (unpaired) electrons. The van der Waals surface area contributed by atoms with Gasteiger partial charge in [0.05, 0.1) is 12.2 Å². The summed E-state index contributed by atoms with van der Waals surface area (Å²) in [6.07, 6.45) is 1.34. The first-order chi connectivity index (χ1) is 12.7. The van der Waals surface area contributed by atoms with Crippen molar-refractivity contribution in [1.29, 1.82) is 0 Å². The number of hydrogen-bond acceptors (Lipinski definition) is 4. The first kappa shape index (κ1) is 21.0. The number of aryl methyl sites for hydroxylation is 1. The minimum Gasteiger partial charge on any atom is -0.457 e. The summed E-state index contributed by atoms with van der Waals surface area (Å²) in [5, 5.41) is 0. The third kappa shape index (κ3) is 6.71. The second-order valence-corrected chi connectivity index (χ2v) is 9.27. The van der Waals surface area contributed by atoms with Gasteiger partial charge in [0.2, 0.25) is 5.91 Å². The van der Waals surface area contributed by atoms with Crippen LogP contribution in [-0.2, 0) is 21.1 Å². The van der Waals surface area contributed by atoms with Crippen LogP contribution in [0.5, 0.6) is 11.5 Å². The number of amides is 1. The summed E-state index contributed by atoms with van der Waals surface area (Å²) in [7, 11) is -3.13. The van der Waals surface area contributed by atoms with Crippen LogP contribution >= 0.6 is 0 Å². The predicted octanol–water partition coefficient (Wildman–Crippen LogP) is 3.61. The zero-order chi connectivity index (χ0) is 20.0. The molecule has 5 nitrogen and oxygen atoms in total. The Hall–Kier alpha value is -2.34. The molecule has 6 heteroatoms. The van der Waals surface area contributed by atoms with Gasteiger partial charge in [0.15, 0.2) is 0 Å². The molecule has 1 amide bonds. The van der Waals surface area contributed by atoms with E-state index in [0.29, 0.717) is 11.5 Å². The van der Waals surface area contributed by atoms with Gasteiger partial charge in [0.25, 0.3) is 0 Å². The number of sulfone groups is 1. The topological polar surface area (TPSA) is 63.7 Å². The van der Waals surface area contributed by atoms with Crippen molar-refractivity contribution in [3.05, 3.63) is 59.7 Å². The number of para-hydroxylation sites is 1. The number of rotatable bonds is 8. The molecule has 0 spiro atoms. The third-order valence-electron chi connectivity index (χ3n) is 4.21. The van der Waals surface area contributed by atoms with Crippen LogP contribution in [0.15, 0.2) is 48.5 Å². The van der Waals surface area contributed by atoms with Crippen LogP contribution in [0, 0.1) is 6.92 Å². The van der Waals surface area contributed by atoms with E-state index in [1.54, 1.807) is 4.90 Å². The van der Waals surface area contributed by atoms with Crippen molar-refractivity contribution in [2.75, 3.05) is 18.6 Å². The molecule has 0 aliphatic carbocycles. The molecule has 0 unspecified atom stereocenters. The van der Waals surface area contributed by atoms with E-state index >= 15 is 0 Å². The lowest BCUT2D eigenvalue weighted by atomic mass is 10.1. The van der Waals surface area contributed by atoms with Gasteiger partial charge in [-0.3, -0.25) is 4.79 Å². The predicted molar refractivity (Wildman–Crippen MR) is 108 cm³/mol. The second-order valence-electron chi connectivity index (χ2n) is 7.01. The van der Waals surface area contributed by atoms with E-state index in [9.17, 15) is 13.2 Å². The standard InChI is InChI=1S/C21H27NO4S/c1-16(2)22(13-14-27(4,24)25)21(23)15-18-7-5-6-8-20(18)26-19-11-9-17(3)10-12-19/h5-12,16H,13-15H2,1-4H3. The van der Waals surface area contributed by atoms with Crippen LogP contribution in [0.1, 0.15) is 25.0 Å². The normalized spacial score (nSPS) is 11.4. The van der Waals surface area contributed by atoms with Gasteiger partial charge in [-0.2, -0.15) is 0 Å². The largest absolute Gasteiger partial charge is 0.457 e. The molecular weight excluding hydrogens is 362 g/mol. The Morgan fingerprint density at radius 3 is 2.30 bits per heavy atom. The molecule has 0 bridgehead atoms. The van der Waals surface area contributed by atoms with Gasteiger partial charge in [-0.05, 0) is 39.0 Å².